The highest BCUT2D eigenvalue weighted by molar-refractivity contribution is 7.47. The van der Waals surface area contributed by atoms with Gasteiger partial charge in [0.25, 0.3) is 0 Å². The highest BCUT2D eigenvalue weighted by Crippen LogP contribution is 2.43. The number of esters is 1. The minimum absolute atomic E-state index is 0.0337. The van der Waals surface area contributed by atoms with Crippen molar-refractivity contribution in [1.82, 2.24) is 5.32 Å². The van der Waals surface area contributed by atoms with E-state index in [0.29, 0.717) is 17.4 Å². The second kappa shape index (κ2) is 64.9. The summed E-state index contributed by atoms with van der Waals surface area (Å²) in [6.45, 7) is 6.91. The molecule has 0 bridgehead atoms. The Morgan fingerprint density at radius 3 is 1.13 bits per heavy atom. The van der Waals surface area contributed by atoms with Crippen LogP contribution in [0, 0.1) is 0 Å². The molecule has 0 aromatic carbocycles. The number of carbonyl (C=O) groups is 2. The summed E-state index contributed by atoms with van der Waals surface area (Å²) in [5, 5.41) is 3.06. The van der Waals surface area contributed by atoms with Crippen molar-refractivity contribution in [2.75, 3.05) is 40.9 Å². The molecular weight excluding hydrogens is 1080 g/mol. The molecule has 1 amide bonds. The van der Waals surface area contributed by atoms with Gasteiger partial charge in [-0.3, -0.25) is 18.6 Å². The van der Waals surface area contributed by atoms with E-state index < -0.39 is 20.0 Å². The number of phosphoric ester groups is 1. The number of nitrogens with zero attached hydrogens (tertiary/aromatic N) is 1. The number of ether oxygens (including phenoxy) is 1. The molecule has 0 aliphatic heterocycles. The highest BCUT2D eigenvalue weighted by Gasteiger charge is 2.30. The van der Waals surface area contributed by atoms with Crippen molar-refractivity contribution in [1.29, 1.82) is 0 Å². The molecule has 0 fully saturated rings. The van der Waals surface area contributed by atoms with E-state index in [9.17, 15) is 19.0 Å². The van der Waals surface area contributed by atoms with E-state index in [2.05, 4.69) is 111 Å². The topological polar surface area (TPSA) is 111 Å². The van der Waals surface area contributed by atoms with Crippen LogP contribution in [0.4, 0.5) is 0 Å². The van der Waals surface area contributed by atoms with Crippen molar-refractivity contribution >= 4 is 19.7 Å². The van der Waals surface area contributed by atoms with Crippen LogP contribution < -0.4 is 5.32 Å². The molecule has 0 aliphatic carbocycles. The SMILES string of the molecule is CC/C=C\C/C=C\C/C=C\C/C=C\C/C=C\C/C=C\CCCCCCCCC(=O)NC(COP(=O)(O)OCC[N+](C)(C)C)C(/C=C/CCCCCCCCCCCC)OC(=O)CCCCCCCCCCCCCCC/C=C/CCCCCCCC. The zero-order valence-corrected chi connectivity index (χ0v) is 57.9. The third kappa shape index (κ3) is 65.4. The number of nitrogens with one attached hydrogen (secondary N) is 1. The van der Waals surface area contributed by atoms with Crippen LogP contribution in [0.5, 0.6) is 0 Å². The number of quaternary nitrogens is 1. The van der Waals surface area contributed by atoms with Crippen molar-refractivity contribution in [2.45, 2.75) is 335 Å². The number of unbranched alkanes of at least 4 members (excludes halogenated alkanes) is 35. The van der Waals surface area contributed by atoms with Crippen molar-refractivity contribution in [3.63, 3.8) is 0 Å². The Bertz CT molecular complexity index is 1790. The fraction of sp³-hybridized carbons (Fsp3) is 0.763. The monoisotopic (exact) mass is 1220 g/mol. The van der Waals surface area contributed by atoms with E-state index in [0.717, 1.165) is 122 Å². The Kier molecular flexibility index (Phi) is 62.6. The predicted octanol–water partition coefficient (Wildman–Crippen LogP) is 23.1. The van der Waals surface area contributed by atoms with E-state index in [4.69, 9.17) is 13.8 Å². The second-order valence-electron chi connectivity index (χ2n) is 25.4. The van der Waals surface area contributed by atoms with E-state index in [-0.39, 0.29) is 31.5 Å². The summed E-state index contributed by atoms with van der Waals surface area (Å²) in [6, 6.07) is -0.862. The summed E-state index contributed by atoms with van der Waals surface area (Å²) in [7, 11) is 1.48. The molecule has 0 radical (unpaired) electrons. The van der Waals surface area contributed by atoms with Gasteiger partial charge in [-0.2, -0.15) is 0 Å². The molecule has 10 heteroatoms. The lowest BCUT2D eigenvalue weighted by atomic mass is 10.0. The zero-order valence-electron chi connectivity index (χ0n) is 57.0. The number of hydrogen-bond donors (Lipinski definition) is 2. The van der Waals surface area contributed by atoms with Gasteiger partial charge in [0.2, 0.25) is 5.91 Å². The maximum Gasteiger partial charge on any atom is 0.472 e. The van der Waals surface area contributed by atoms with Crippen LogP contribution >= 0.6 is 7.82 Å². The fourth-order valence-corrected chi connectivity index (χ4v) is 11.0. The molecule has 498 valence electrons. The first-order valence-electron chi connectivity index (χ1n) is 36.1. The van der Waals surface area contributed by atoms with Gasteiger partial charge in [-0.25, -0.2) is 4.57 Å². The lowest BCUT2D eigenvalue weighted by Gasteiger charge is -2.27. The van der Waals surface area contributed by atoms with Crippen LogP contribution in [0.25, 0.3) is 0 Å². The van der Waals surface area contributed by atoms with Gasteiger partial charge in [0, 0.05) is 12.8 Å². The molecule has 86 heavy (non-hydrogen) atoms. The van der Waals surface area contributed by atoms with Gasteiger partial charge in [0.15, 0.2) is 0 Å². The Balaban J connectivity index is 5.10. The molecular formula is C76H138N2O7P+. The smallest absolute Gasteiger partial charge is 0.456 e. The van der Waals surface area contributed by atoms with E-state index in [1.54, 1.807) is 0 Å². The standard InChI is InChI=1S/C76H137N2O7P/c1-7-10-13-16-19-22-25-28-30-32-34-36-38-39-41-42-44-46-48-50-53-56-59-62-65-68-75(79)77-73(72-84-86(81,82)83-71-70-78(4,5)6)74(67-64-61-58-55-52-27-24-21-18-15-12-9-3)85-76(80)69-66-63-60-57-54-51-49-47-45-43-40-37-35-33-31-29-26-23-20-17-14-11-8-2/h10,13,19,22,28-31,34,36,39,41,44,46,64,67,73-74H,7-9,11-12,14-18,20-21,23-27,32-33,35,37-38,40,42-43,45,47-63,65-66,68-72H2,1-6H3,(H-,77,79,81,82)/p+1/b13-10-,22-19-,30-28-,31-29+,36-34-,41-39-,46-44-,67-64+. The van der Waals surface area contributed by atoms with Gasteiger partial charge in [0.05, 0.1) is 33.8 Å². The van der Waals surface area contributed by atoms with Gasteiger partial charge in [0.1, 0.15) is 19.3 Å². The lowest BCUT2D eigenvalue weighted by Crippen LogP contribution is -2.47. The quantitative estimate of drug-likeness (QED) is 0.0205. The second-order valence-corrected chi connectivity index (χ2v) is 26.8. The van der Waals surface area contributed by atoms with Crippen LogP contribution in [-0.4, -0.2) is 74.3 Å². The maximum atomic E-state index is 13.6. The van der Waals surface area contributed by atoms with Crippen LogP contribution in [0.1, 0.15) is 323 Å². The summed E-state index contributed by atoms with van der Waals surface area (Å²) < 4.78 is 30.8. The number of carbonyl (C=O) groups excluding carboxylic acids is 2. The third-order valence-corrected chi connectivity index (χ3v) is 16.7. The van der Waals surface area contributed by atoms with E-state index >= 15 is 0 Å². The average molecular weight is 1220 g/mol. The minimum Gasteiger partial charge on any atom is -0.456 e. The van der Waals surface area contributed by atoms with Crippen LogP contribution in [0.2, 0.25) is 0 Å². The average Bonchev–Trinajstić information content (AvgIpc) is 3.69. The molecule has 0 saturated heterocycles. The highest BCUT2D eigenvalue weighted by atomic mass is 31.2. The summed E-state index contributed by atoms with van der Waals surface area (Å²) in [6.07, 6.45) is 88.5. The molecule has 3 atom stereocenters. The zero-order chi connectivity index (χ0) is 62.8. The van der Waals surface area contributed by atoms with Crippen molar-refractivity contribution in [3.8, 4) is 0 Å². The molecule has 0 aromatic heterocycles. The van der Waals surface area contributed by atoms with Gasteiger partial charge in [-0.15, -0.1) is 0 Å². The molecule has 0 heterocycles. The molecule has 0 rings (SSSR count). The van der Waals surface area contributed by atoms with Crippen LogP contribution in [-0.2, 0) is 27.9 Å². The molecule has 3 unspecified atom stereocenters. The van der Waals surface area contributed by atoms with Crippen LogP contribution in [0.15, 0.2) is 97.2 Å². The summed E-state index contributed by atoms with van der Waals surface area (Å²) in [5.41, 5.74) is 0. The molecule has 0 saturated carbocycles. The molecule has 2 N–H and O–H groups in total. The van der Waals surface area contributed by atoms with Gasteiger partial charge in [-0.1, -0.05) is 298 Å². The lowest BCUT2D eigenvalue weighted by molar-refractivity contribution is -0.870. The number of allylic oxidation sites excluding steroid dienone is 15. The van der Waals surface area contributed by atoms with Gasteiger partial charge >= 0.3 is 13.8 Å². The Hall–Kier alpha value is -3.07. The first kappa shape index (κ1) is 82.9. The van der Waals surface area contributed by atoms with E-state index in [1.807, 2.05) is 33.3 Å². The number of phosphoric acid groups is 1. The van der Waals surface area contributed by atoms with Crippen molar-refractivity contribution < 1.29 is 37.3 Å². The Morgan fingerprint density at radius 2 is 0.744 bits per heavy atom. The maximum absolute atomic E-state index is 13.6. The molecule has 9 nitrogen and oxygen atoms in total. The third-order valence-electron chi connectivity index (χ3n) is 15.8. The summed E-state index contributed by atoms with van der Waals surface area (Å²) in [4.78, 5) is 37.9. The van der Waals surface area contributed by atoms with E-state index in [1.165, 1.54) is 167 Å². The predicted molar refractivity (Wildman–Crippen MR) is 374 cm³/mol. The Morgan fingerprint density at radius 1 is 0.419 bits per heavy atom. The van der Waals surface area contributed by atoms with Crippen molar-refractivity contribution in [3.05, 3.63) is 97.2 Å². The number of hydrogen-bond acceptors (Lipinski definition) is 6. The summed E-state index contributed by atoms with van der Waals surface area (Å²) >= 11 is 0. The first-order valence-corrected chi connectivity index (χ1v) is 37.6. The van der Waals surface area contributed by atoms with Crippen molar-refractivity contribution in [2.24, 2.45) is 0 Å². The summed E-state index contributed by atoms with van der Waals surface area (Å²) in [5.74, 6) is -0.517. The number of rotatable bonds is 65. The first-order chi connectivity index (χ1) is 41.9. The molecule has 0 aliphatic rings. The van der Waals surface area contributed by atoms with Gasteiger partial charge in [-0.05, 0) is 109 Å². The molecule has 0 aromatic rings. The largest absolute Gasteiger partial charge is 0.472 e. The normalized spacial score (nSPS) is 14.1. The fourth-order valence-electron chi connectivity index (χ4n) is 10.2. The number of amides is 1. The Labute approximate surface area is 532 Å². The van der Waals surface area contributed by atoms with Gasteiger partial charge < -0.3 is 19.4 Å². The minimum atomic E-state index is -4.46. The molecule has 0 spiro atoms. The number of likely N-dealkylation sites (N-methyl/N-ethyl adjacent to an activating group) is 1. The van der Waals surface area contributed by atoms with Crippen LogP contribution in [0.3, 0.4) is 0 Å².